The number of nitrogens with one attached hydrogen (secondary N) is 1. The maximum atomic E-state index is 15.3. The second-order valence-corrected chi connectivity index (χ2v) is 8.55. The van der Waals surface area contributed by atoms with Crippen LogP contribution in [0.1, 0.15) is 30.7 Å². The predicted molar refractivity (Wildman–Crippen MR) is 121 cm³/mol. The number of hydrogen-bond acceptors (Lipinski definition) is 2. The minimum Gasteiger partial charge on any atom is -0.342 e. The summed E-state index contributed by atoms with van der Waals surface area (Å²) in [5.41, 5.74) is 0.574. The molecule has 2 heterocycles. The SMILES string of the molecule is Cc1nc2ccc(-c3c(F)c(F)c(-c4ccccc4CN4CCCCC4)c(F)c3F)cc2[nH]1. The molecule has 0 bridgehead atoms. The first-order chi connectivity index (χ1) is 15.9. The van der Waals surface area contributed by atoms with Gasteiger partial charge in [-0.2, -0.15) is 0 Å². The van der Waals surface area contributed by atoms with Gasteiger partial charge in [-0.3, -0.25) is 4.90 Å². The maximum Gasteiger partial charge on any atom is 0.170 e. The Bertz CT molecular complexity index is 1310. The topological polar surface area (TPSA) is 31.9 Å². The fraction of sp³-hybridized carbons (Fsp3) is 0.269. The molecule has 0 saturated carbocycles. The molecule has 0 spiro atoms. The van der Waals surface area contributed by atoms with Crippen LogP contribution in [-0.2, 0) is 6.54 Å². The third-order valence-corrected chi connectivity index (χ3v) is 6.28. The largest absolute Gasteiger partial charge is 0.342 e. The average Bonchev–Trinajstić information content (AvgIpc) is 3.19. The molecule has 1 aliphatic heterocycles. The van der Waals surface area contributed by atoms with Crippen molar-refractivity contribution >= 4 is 11.0 Å². The highest BCUT2D eigenvalue weighted by Crippen LogP contribution is 2.39. The summed E-state index contributed by atoms with van der Waals surface area (Å²) in [5.74, 6) is -4.98. The lowest BCUT2D eigenvalue weighted by molar-refractivity contribution is 0.221. The van der Waals surface area contributed by atoms with Gasteiger partial charge in [0.2, 0.25) is 0 Å². The number of H-pyrrole nitrogens is 1. The molecule has 0 atom stereocenters. The number of aromatic amines is 1. The molecule has 1 aromatic heterocycles. The van der Waals surface area contributed by atoms with Crippen molar-refractivity contribution in [3.05, 3.63) is 77.1 Å². The lowest BCUT2D eigenvalue weighted by atomic mass is 9.94. The normalized spacial score (nSPS) is 14.8. The molecule has 1 fully saturated rings. The number of nitrogens with zero attached hydrogens (tertiary/aromatic N) is 2. The van der Waals surface area contributed by atoms with E-state index in [-0.39, 0.29) is 11.1 Å². The monoisotopic (exact) mass is 453 g/mol. The van der Waals surface area contributed by atoms with Crippen molar-refractivity contribution in [1.82, 2.24) is 14.9 Å². The standard InChI is InChI=1S/C26H23F4N3/c1-15-31-19-10-9-16(13-20(19)32-15)21-23(27)25(29)22(26(30)24(21)28)18-8-4-3-7-17(18)14-33-11-5-2-6-12-33/h3-4,7-10,13H,2,5-6,11-12,14H2,1H3,(H,31,32). The zero-order valence-corrected chi connectivity index (χ0v) is 18.2. The van der Waals surface area contributed by atoms with Gasteiger partial charge in [0, 0.05) is 6.54 Å². The van der Waals surface area contributed by atoms with Gasteiger partial charge in [0.1, 0.15) is 5.82 Å². The third-order valence-electron chi connectivity index (χ3n) is 6.28. The molecule has 1 aliphatic rings. The van der Waals surface area contributed by atoms with E-state index in [1.807, 2.05) is 0 Å². The summed E-state index contributed by atoms with van der Waals surface area (Å²) in [6.45, 7) is 3.99. The zero-order chi connectivity index (χ0) is 23.1. The van der Waals surface area contributed by atoms with Gasteiger partial charge in [-0.25, -0.2) is 22.5 Å². The molecule has 170 valence electrons. The van der Waals surface area contributed by atoms with Crippen molar-refractivity contribution < 1.29 is 17.6 Å². The summed E-state index contributed by atoms with van der Waals surface area (Å²) in [6.07, 6.45) is 3.27. The van der Waals surface area contributed by atoms with Crippen LogP contribution in [0.25, 0.3) is 33.3 Å². The molecule has 3 aromatic carbocycles. The number of aromatic nitrogens is 2. The second-order valence-electron chi connectivity index (χ2n) is 8.55. The smallest absolute Gasteiger partial charge is 0.170 e. The van der Waals surface area contributed by atoms with E-state index in [4.69, 9.17) is 0 Å². The van der Waals surface area contributed by atoms with Crippen molar-refractivity contribution in [2.24, 2.45) is 0 Å². The minimum atomic E-state index is -1.41. The molecule has 1 saturated heterocycles. The Kier molecular flexibility index (Phi) is 5.66. The first-order valence-electron chi connectivity index (χ1n) is 11.1. The Balaban J connectivity index is 1.62. The lowest BCUT2D eigenvalue weighted by Crippen LogP contribution is -2.29. The second kappa shape index (κ2) is 8.63. The van der Waals surface area contributed by atoms with Crippen LogP contribution in [0.2, 0.25) is 0 Å². The molecule has 0 amide bonds. The Labute approximate surface area is 189 Å². The lowest BCUT2D eigenvalue weighted by Gasteiger charge is -2.27. The Morgan fingerprint density at radius 2 is 1.52 bits per heavy atom. The quantitative estimate of drug-likeness (QED) is 0.274. The van der Waals surface area contributed by atoms with Gasteiger partial charge in [0.05, 0.1) is 22.2 Å². The zero-order valence-electron chi connectivity index (χ0n) is 18.2. The van der Waals surface area contributed by atoms with Crippen LogP contribution in [0.15, 0.2) is 42.5 Å². The van der Waals surface area contributed by atoms with E-state index >= 15 is 17.6 Å². The number of imidazole rings is 1. The van der Waals surface area contributed by atoms with Crippen LogP contribution in [0.4, 0.5) is 17.6 Å². The number of benzene rings is 3. The number of hydrogen-bond donors (Lipinski definition) is 1. The summed E-state index contributed by atoms with van der Waals surface area (Å²) >= 11 is 0. The first kappa shape index (κ1) is 21.6. The third kappa shape index (κ3) is 3.91. The van der Waals surface area contributed by atoms with Gasteiger partial charge >= 0.3 is 0 Å². The van der Waals surface area contributed by atoms with Gasteiger partial charge in [0.15, 0.2) is 23.3 Å². The molecule has 33 heavy (non-hydrogen) atoms. The number of rotatable bonds is 4. The Morgan fingerprint density at radius 3 is 2.24 bits per heavy atom. The van der Waals surface area contributed by atoms with Crippen LogP contribution in [0, 0.1) is 30.2 Å². The summed E-state index contributed by atoms with van der Waals surface area (Å²) in [6, 6.07) is 11.1. The van der Waals surface area contributed by atoms with Crippen LogP contribution >= 0.6 is 0 Å². The molecule has 0 aliphatic carbocycles. The van der Waals surface area contributed by atoms with E-state index in [1.165, 1.54) is 18.2 Å². The van der Waals surface area contributed by atoms with E-state index in [2.05, 4.69) is 14.9 Å². The number of aryl methyl sites for hydroxylation is 1. The number of likely N-dealkylation sites (tertiary alicyclic amines) is 1. The fourth-order valence-corrected chi connectivity index (χ4v) is 4.67. The van der Waals surface area contributed by atoms with E-state index in [0.717, 1.165) is 32.4 Å². The molecule has 5 rings (SSSR count). The van der Waals surface area contributed by atoms with Crippen molar-refractivity contribution in [3.63, 3.8) is 0 Å². The summed E-state index contributed by atoms with van der Waals surface area (Å²) in [5, 5.41) is 0. The predicted octanol–water partition coefficient (Wildman–Crippen LogP) is 6.75. The van der Waals surface area contributed by atoms with E-state index in [1.54, 1.807) is 31.2 Å². The van der Waals surface area contributed by atoms with Gasteiger partial charge in [0.25, 0.3) is 0 Å². The summed E-state index contributed by atoms with van der Waals surface area (Å²) in [4.78, 5) is 9.41. The first-order valence-corrected chi connectivity index (χ1v) is 11.1. The van der Waals surface area contributed by atoms with E-state index < -0.39 is 34.4 Å². The van der Waals surface area contributed by atoms with E-state index in [9.17, 15) is 0 Å². The van der Waals surface area contributed by atoms with Gasteiger partial charge in [-0.1, -0.05) is 36.8 Å². The molecule has 0 radical (unpaired) electrons. The summed E-state index contributed by atoms with van der Waals surface area (Å²) in [7, 11) is 0. The molecule has 4 aromatic rings. The molecule has 3 nitrogen and oxygen atoms in total. The Morgan fingerprint density at radius 1 is 0.848 bits per heavy atom. The molecular weight excluding hydrogens is 430 g/mol. The average molecular weight is 453 g/mol. The highest BCUT2D eigenvalue weighted by atomic mass is 19.2. The van der Waals surface area contributed by atoms with Crippen LogP contribution < -0.4 is 0 Å². The van der Waals surface area contributed by atoms with Gasteiger partial charge in [-0.05, 0) is 61.7 Å². The molecule has 1 N–H and O–H groups in total. The number of fused-ring (bicyclic) bond motifs is 1. The fourth-order valence-electron chi connectivity index (χ4n) is 4.67. The van der Waals surface area contributed by atoms with Gasteiger partial charge < -0.3 is 4.98 Å². The van der Waals surface area contributed by atoms with E-state index in [0.29, 0.717) is 29.0 Å². The van der Waals surface area contributed by atoms with Crippen LogP contribution in [0.3, 0.4) is 0 Å². The van der Waals surface area contributed by atoms with Crippen molar-refractivity contribution in [2.75, 3.05) is 13.1 Å². The van der Waals surface area contributed by atoms with Crippen LogP contribution in [-0.4, -0.2) is 28.0 Å². The van der Waals surface area contributed by atoms with Gasteiger partial charge in [-0.15, -0.1) is 0 Å². The van der Waals surface area contributed by atoms with Crippen LogP contribution in [0.5, 0.6) is 0 Å². The molecular formula is C26H23F4N3. The highest BCUT2D eigenvalue weighted by Gasteiger charge is 2.28. The molecule has 0 unspecified atom stereocenters. The number of piperidine rings is 1. The number of halogens is 4. The van der Waals surface area contributed by atoms with Crippen molar-refractivity contribution in [1.29, 1.82) is 0 Å². The Hall–Kier alpha value is -3.19. The minimum absolute atomic E-state index is 0.0344. The highest BCUT2D eigenvalue weighted by molar-refractivity contribution is 5.83. The summed E-state index contributed by atoms with van der Waals surface area (Å²) < 4.78 is 61.2. The van der Waals surface area contributed by atoms with Crippen molar-refractivity contribution in [2.45, 2.75) is 32.7 Å². The maximum absolute atomic E-state index is 15.3. The van der Waals surface area contributed by atoms with Crippen molar-refractivity contribution in [3.8, 4) is 22.3 Å². The molecule has 7 heteroatoms.